The second-order valence-electron chi connectivity index (χ2n) is 21.3. The van der Waals surface area contributed by atoms with Crippen molar-refractivity contribution in [3.05, 3.63) is 113 Å². The fourth-order valence-electron chi connectivity index (χ4n) is 12.2. The number of aliphatic hydroxyl groups excluding tert-OH is 1. The number of fused-ring (bicyclic) bond motifs is 5. The Hall–Kier alpha value is -6.46. The van der Waals surface area contributed by atoms with E-state index in [9.17, 15) is 43.8 Å². The third-order valence-electron chi connectivity index (χ3n) is 16.5. The highest BCUT2D eigenvalue weighted by molar-refractivity contribution is 8.76. The normalized spacial score (nSPS) is 27.7. The summed E-state index contributed by atoms with van der Waals surface area (Å²) in [6.07, 6.45) is -6.24. The van der Waals surface area contributed by atoms with Crippen molar-refractivity contribution in [2.24, 2.45) is 28.6 Å². The molecule has 4 aliphatic carbocycles. The van der Waals surface area contributed by atoms with Crippen LogP contribution in [0, 0.1) is 28.6 Å². The van der Waals surface area contributed by atoms with Crippen molar-refractivity contribution in [3.8, 4) is 5.75 Å². The van der Waals surface area contributed by atoms with E-state index >= 15 is 4.79 Å². The van der Waals surface area contributed by atoms with Gasteiger partial charge in [-0.1, -0.05) is 97.8 Å². The number of ether oxygens (including phenoxy) is 6. The average molecular weight is 1130 g/mol. The number of carbonyl (C=O) groups is 8. The molecule has 2 amide bonds. The number of carboxylic acid groups (broad SMARTS) is 1. The number of hydrogen-bond donors (Lipinski definition) is 6. The van der Waals surface area contributed by atoms with Crippen LogP contribution in [0.2, 0.25) is 0 Å². The highest BCUT2D eigenvalue weighted by Crippen LogP contribution is 2.68. The van der Waals surface area contributed by atoms with Gasteiger partial charge in [0.25, 0.3) is 5.91 Å². The number of carboxylic acids is 1. The maximum Gasteiger partial charge on any atom is 0.426 e. The van der Waals surface area contributed by atoms with Crippen LogP contribution in [-0.4, -0.2) is 136 Å². The summed E-state index contributed by atoms with van der Waals surface area (Å²) >= 11 is 0. The topological polar surface area (TPSA) is 289 Å². The van der Waals surface area contributed by atoms with Crippen LogP contribution in [0.15, 0.2) is 96.1 Å². The molecule has 3 saturated carbocycles. The smallest absolute Gasteiger partial charge is 0.426 e. The Balaban J connectivity index is 1.09. The fraction of sp³-hybridized carbons (Fsp3) is 0.509. The van der Waals surface area contributed by atoms with E-state index < -0.39 is 137 Å². The van der Waals surface area contributed by atoms with Gasteiger partial charge in [0.05, 0.1) is 23.0 Å². The number of benzene rings is 3. The van der Waals surface area contributed by atoms with Gasteiger partial charge in [-0.05, 0) is 93.3 Å². The molecule has 3 aromatic carbocycles. The molecule has 20 nitrogen and oxygen atoms in total. The van der Waals surface area contributed by atoms with Gasteiger partial charge < -0.3 is 49.1 Å². The Morgan fingerprint density at radius 2 is 1.53 bits per heavy atom. The van der Waals surface area contributed by atoms with E-state index in [2.05, 4.69) is 16.2 Å². The molecule has 0 aromatic heterocycles. The first-order chi connectivity index (χ1) is 37.4. The Bertz CT molecular complexity index is 2800. The van der Waals surface area contributed by atoms with Crippen LogP contribution in [0.3, 0.4) is 0 Å². The largest absolute Gasteiger partial charge is 0.482 e. The Morgan fingerprint density at radius 3 is 2.14 bits per heavy atom. The molecular weight excluding hydrogens is 1060 g/mol. The first-order valence-electron chi connectivity index (χ1n) is 26.1. The van der Waals surface area contributed by atoms with Gasteiger partial charge in [0, 0.05) is 53.6 Å². The molecular formula is C57H69N3O17S2. The molecule has 22 heteroatoms. The van der Waals surface area contributed by atoms with Crippen LogP contribution >= 0.6 is 21.6 Å². The number of hydrogen-bond acceptors (Lipinski definition) is 19. The van der Waals surface area contributed by atoms with Crippen LogP contribution < -0.4 is 20.9 Å². The van der Waals surface area contributed by atoms with E-state index in [1.807, 2.05) is 0 Å². The summed E-state index contributed by atoms with van der Waals surface area (Å²) in [6.45, 7) is 10.6. The van der Waals surface area contributed by atoms with Gasteiger partial charge in [-0.15, -0.1) is 0 Å². The number of esters is 4. The summed E-state index contributed by atoms with van der Waals surface area (Å²) in [7, 11) is 4.17. The molecule has 2 bridgehead atoms. The maximum atomic E-state index is 15.5. The molecule has 0 radical (unpaired) electrons. The molecule has 426 valence electrons. The quantitative estimate of drug-likeness (QED) is 0.0185. The van der Waals surface area contributed by atoms with Crippen LogP contribution in [0.5, 0.6) is 5.75 Å². The number of Topliss-reactive ketones (excluding diaryl/α,β-unsaturated/α-hetero) is 1. The third-order valence-corrected chi connectivity index (χ3v) is 18.8. The van der Waals surface area contributed by atoms with Crippen molar-refractivity contribution in [3.63, 3.8) is 0 Å². The van der Waals surface area contributed by atoms with Crippen LogP contribution in [0.4, 0.5) is 4.79 Å². The minimum atomic E-state index is -2.19. The lowest BCUT2D eigenvalue weighted by molar-refractivity contribution is -0.295. The van der Waals surface area contributed by atoms with Gasteiger partial charge in [0.2, 0.25) is 6.10 Å². The minimum absolute atomic E-state index is 0.00677. The molecule has 4 aliphatic rings. The van der Waals surface area contributed by atoms with E-state index in [1.54, 1.807) is 97.1 Å². The van der Waals surface area contributed by atoms with Crippen molar-refractivity contribution in [2.45, 2.75) is 122 Å². The van der Waals surface area contributed by atoms with E-state index in [1.165, 1.54) is 64.9 Å². The monoisotopic (exact) mass is 1130 g/mol. The molecule has 6 N–H and O–H groups in total. The van der Waals surface area contributed by atoms with Gasteiger partial charge in [-0.2, -0.15) is 0 Å². The number of likely N-dealkylation sites (N-methyl/N-ethyl adjacent to an activating group) is 1. The molecule has 79 heavy (non-hydrogen) atoms. The Kier molecular flexibility index (Phi) is 19.0. The first kappa shape index (κ1) is 60.2. The van der Waals surface area contributed by atoms with E-state index in [4.69, 9.17) is 33.5 Å². The van der Waals surface area contributed by atoms with Gasteiger partial charge in [0.15, 0.2) is 6.61 Å². The Labute approximate surface area is 466 Å². The number of aliphatic carboxylic acids is 1. The fourth-order valence-corrected chi connectivity index (χ4v) is 14.2. The predicted molar refractivity (Wildman–Crippen MR) is 289 cm³/mol. The highest BCUT2D eigenvalue weighted by atomic mass is 33.1. The molecule has 0 unspecified atom stereocenters. The molecule has 0 aliphatic heterocycles. The molecule has 7 rings (SSSR count). The lowest BCUT2D eigenvalue weighted by atomic mass is 9.40. The number of rotatable bonds is 20. The van der Waals surface area contributed by atoms with E-state index in [-0.39, 0.29) is 36.3 Å². The summed E-state index contributed by atoms with van der Waals surface area (Å²) < 4.78 is 35.8. The number of amides is 2. The van der Waals surface area contributed by atoms with Crippen molar-refractivity contribution < 1.29 is 82.1 Å². The van der Waals surface area contributed by atoms with Crippen LogP contribution in [-0.2, 0) is 47.7 Å². The van der Waals surface area contributed by atoms with Crippen LogP contribution in [0.1, 0.15) is 106 Å². The summed E-state index contributed by atoms with van der Waals surface area (Å²) in [6, 6.07) is 21.7. The molecule has 3 fully saturated rings. The van der Waals surface area contributed by atoms with Crippen molar-refractivity contribution in [1.29, 1.82) is 0 Å². The molecule has 0 heterocycles. The van der Waals surface area contributed by atoms with Gasteiger partial charge in [0.1, 0.15) is 47.6 Å². The SMILES string of the molecule is CN[C@@H](CSSCCOC(=O)NNC(=O)c1ccc(OCC(=O)O[C@@H](C(=O)O[C@H]2C[C@@]3(O)[C@@H](OC(=O)c4ccccc4)[C@@H]4[C@]5(OC(C)=O)CC[C@@H]5C[C@H](O)[C@@]4(C)C(=O)[C@H](C)C(=C2C)C3(C)C)[C@@H](C)c2ccccc2)cc1)C(=O)O. The summed E-state index contributed by atoms with van der Waals surface area (Å²) in [5.74, 6) is -8.30. The van der Waals surface area contributed by atoms with Crippen LogP contribution in [0.25, 0.3) is 0 Å². The summed E-state index contributed by atoms with van der Waals surface area (Å²) in [4.78, 5) is 108. The van der Waals surface area contributed by atoms with Crippen molar-refractivity contribution in [2.75, 3.05) is 31.8 Å². The zero-order valence-electron chi connectivity index (χ0n) is 45.3. The zero-order valence-corrected chi connectivity index (χ0v) is 46.9. The molecule has 12 atom stereocenters. The molecule has 3 aromatic rings. The highest BCUT2D eigenvalue weighted by Gasteiger charge is 2.76. The second-order valence-corrected chi connectivity index (χ2v) is 23.9. The lowest BCUT2D eigenvalue weighted by Crippen LogP contribution is -2.78. The van der Waals surface area contributed by atoms with Gasteiger partial charge in [-0.25, -0.2) is 24.6 Å². The zero-order chi connectivity index (χ0) is 57.6. The number of carbonyl (C=O) groups excluding carboxylic acids is 7. The maximum absolute atomic E-state index is 15.5. The lowest BCUT2D eigenvalue weighted by Gasteiger charge is -2.68. The average Bonchev–Trinajstić information content (AvgIpc) is 2.78. The molecule has 0 spiro atoms. The number of ketones is 1. The van der Waals surface area contributed by atoms with Crippen molar-refractivity contribution >= 4 is 69.2 Å². The first-order valence-corrected chi connectivity index (χ1v) is 28.6. The Morgan fingerprint density at radius 1 is 0.873 bits per heavy atom. The van der Waals surface area contributed by atoms with Crippen molar-refractivity contribution in [1.82, 2.24) is 16.2 Å². The third kappa shape index (κ3) is 12.3. The predicted octanol–water partition coefficient (Wildman–Crippen LogP) is 6.14. The van der Waals surface area contributed by atoms with Gasteiger partial charge >= 0.3 is 35.9 Å². The number of aliphatic hydroxyl groups is 2. The standard InChI is InChI=1S/C57H69N3O17S2/c1-31(35-15-11-9-12-16-35)45(75-43(63)29-73-39-21-19-36(20-22-39)49(65)59-60-53(70)72-25-26-78-79-30-40(58-8)50(66)67)52(69)74-41-28-57(71)48(76-51(68)37-17-13-10-14-18-37)46-55(7,47(64)33(3)44(32(41)2)54(57,5)6)42(62)27-38-23-24-56(38,46)77-34(4)61/h9-22,31,33,38,40-42,45-46,48,58,62,71H,23-30H2,1-8H3,(H,59,65)(H,60,70)(H,66,67)/t31-,33+,38+,40-,41-,42-,45+,46-,48-,55+,56-,57+/m0/s1. The van der Waals surface area contributed by atoms with E-state index in [0.29, 0.717) is 34.6 Å². The number of nitrogens with one attached hydrogen (secondary N) is 3. The van der Waals surface area contributed by atoms with Gasteiger partial charge in [-0.3, -0.25) is 24.6 Å². The summed E-state index contributed by atoms with van der Waals surface area (Å²) in [5, 5.41) is 37.8. The minimum Gasteiger partial charge on any atom is -0.482 e. The molecule has 0 saturated heterocycles. The second kappa shape index (κ2) is 24.9. The number of hydrazine groups is 1. The van der Waals surface area contributed by atoms with E-state index in [0.717, 1.165) is 0 Å². The summed E-state index contributed by atoms with van der Waals surface area (Å²) in [5.41, 5.74) is -0.695.